The van der Waals surface area contributed by atoms with Crippen molar-refractivity contribution in [1.82, 2.24) is 9.55 Å². The summed E-state index contributed by atoms with van der Waals surface area (Å²) in [6, 6.07) is 7.55. The maximum atomic E-state index is 8.94. The lowest BCUT2D eigenvalue weighted by atomic mass is 10.2. The molecule has 18 heavy (non-hydrogen) atoms. The predicted octanol–water partition coefficient (Wildman–Crippen LogP) is 1.67. The zero-order valence-electron chi connectivity index (χ0n) is 9.97. The van der Waals surface area contributed by atoms with Crippen molar-refractivity contribution in [3.63, 3.8) is 0 Å². The van der Waals surface area contributed by atoms with E-state index in [9.17, 15) is 0 Å². The maximum Gasteiger partial charge on any atom is 0.201 e. The van der Waals surface area contributed by atoms with Gasteiger partial charge in [-0.3, -0.25) is 0 Å². The van der Waals surface area contributed by atoms with Crippen molar-refractivity contribution < 1.29 is 4.74 Å². The highest BCUT2D eigenvalue weighted by Gasteiger charge is 2.19. The van der Waals surface area contributed by atoms with Crippen LogP contribution < -0.4 is 5.73 Å². The van der Waals surface area contributed by atoms with Gasteiger partial charge in [0.1, 0.15) is 0 Å². The molecule has 1 fully saturated rings. The molecule has 1 atom stereocenters. The molecule has 0 aliphatic carbocycles. The highest BCUT2D eigenvalue weighted by molar-refractivity contribution is 5.79. The molecule has 5 nitrogen and oxygen atoms in total. The first-order valence-electron chi connectivity index (χ1n) is 6.05. The molecule has 92 valence electrons. The van der Waals surface area contributed by atoms with Crippen LogP contribution in [0.4, 0.5) is 5.95 Å². The molecular formula is C13H14N4O. The van der Waals surface area contributed by atoms with Gasteiger partial charge in [-0.2, -0.15) is 5.26 Å². The molecule has 5 heteroatoms. The largest absolute Gasteiger partial charge is 0.376 e. The number of ether oxygens (including phenoxy) is 1. The van der Waals surface area contributed by atoms with E-state index < -0.39 is 0 Å². The second-order valence-corrected chi connectivity index (χ2v) is 4.53. The van der Waals surface area contributed by atoms with Crippen LogP contribution in [0, 0.1) is 11.3 Å². The molecule has 1 unspecified atom stereocenters. The van der Waals surface area contributed by atoms with E-state index in [1.165, 1.54) is 0 Å². The summed E-state index contributed by atoms with van der Waals surface area (Å²) in [5.41, 5.74) is 8.29. The molecule has 1 aliphatic heterocycles. The van der Waals surface area contributed by atoms with Gasteiger partial charge in [-0.15, -0.1) is 0 Å². The van der Waals surface area contributed by atoms with Crippen molar-refractivity contribution in [2.75, 3.05) is 12.3 Å². The van der Waals surface area contributed by atoms with Crippen molar-refractivity contribution in [3.05, 3.63) is 23.8 Å². The molecule has 0 spiro atoms. The second kappa shape index (κ2) is 4.31. The number of imidazole rings is 1. The van der Waals surface area contributed by atoms with Crippen LogP contribution in [0.1, 0.15) is 18.4 Å². The molecule has 1 aromatic carbocycles. The van der Waals surface area contributed by atoms with E-state index >= 15 is 0 Å². The van der Waals surface area contributed by atoms with E-state index in [1.807, 2.05) is 16.7 Å². The number of rotatable bonds is 2. The van der Waals surface area contributed by atoms with Crippen molar-refractivity contribution in [3.8, 4) is 6.07 Å². The zero-order chi connectivity index (χ0) is 12.5. The van der Waals surface area contributed by atoms with Gasteiger partial charge in [0.15, 0.2) is 0 Å². The summed E-state index contributed by atoms with van der Waals surface area (Å²) < 4.78 is 7.55. The Hall–Kier alpha value is -2.06. The standard InChI is InChI=1S/C13H14N4O/c14-7-9-3-4-11-12(6-9)17(13(15)16-11)8-10-2-1-5-18-10/h3-4,6,10H,1-2,5,8H2,(H2,15,16). The van der Waals surface area contributed by atoms with Crippen LogP contribution in [0.15, 0.2) is 18.2 Å². The number of hydrogen-bond donors (Lipinski definition) is 1. The topological polar surface area (TPSA) is 76.9 Å². The molecule has 0 amide bonds. The van der Waals surface area contributed by atoms with Gasteiger partial charge < -0.3 is 15.0 Å². The van der Waals surface area contributed by atoms with Gasteiger partial charge >= 0.3 is 0 Å². The third kappa shape index (κ3) is 1.81. The number of nitrogens with zero attached hydrogens (tertiary/aromatic N) is 3. The number of nitrogen functional groups attached to an aromatic ring is 1. The molecule has 1 aromatic heterocycles. The lowest BCUT2D eigenvalue weighted by Crippen LogP contribution is -2.16. The van der Waals surface area contributed by atoms with Crippen LogP contribution >= 0.6 is 0 Å². The minimum absolute atomic E-state index is 0.204. The van der Waals surface area contributed by atoms with Crippen molar-refractivity contribution in [1.29, 1.82) is 5.26 Å². The number of anilines is 1. The van der Waals surface area contributed by atoms with Crippen LogP contribution in [0.2, 0.25) is 0 Å². The van der Waals surface area contributed by atoms with Gasteiger partial charge in [0, 0.05) is 6.61 Å². The molecule has 2 aromatic rings. The van der Waals surface area contributed by atoms with Gasteiger partial charge in [0.05, 0.1) is 35.3 Å². The Balaban J connectivity index is 2.03. The summed E-state index contributed by atoms with van der Waals surface area (Å²) in [6.07, 6.45) is 2.35. The van der Waals surface area contributed by atoms with Crippen LogP contribution in [0.3, 0.4) is 0 Å². The Morgan fingerprint density at radius 2 is 2.44 bits per heavy atom. The number of fused-ring (bicyclic) bond motifs is 1. The van der Waals surface area contributed by atoms with Crippen molar-refractivity contribution in [2.45, 2.75) is 25.5 Å². The molecule has 2 heterocycles. The van der Waals surface area contributed by atoms with Gasteiger partial charge in [-0.05, 0) is 31.0 Å². The first kappa shape index (κ1) is 11.1. The molecule has 3 rings (SSSR count). The van der Waals surface area contributed by atoms with Gasteiger partial charge in [-0.1, -0.05) is 0 Å². The lowest BCUT2D eigenvalue weighted by Gasteiger charge is -2.12. The number of nitriles is 1. The average molecular weight is 242 g/mol. The van der Waals surface area contributed by atoms with E-state index in [0.29, 0.717) is 18.1 Å². The Labute approximate surface area is 105 Å². The molecule has 0 bridgehead atoms. The van der Waals surface area contributed by atoms with E-state index in [0.717, 1.165) is 30.5 Å². The van der Waals surface area contributed by atoms with E-state index in [4.69, 9.17) is 15.7 Å². The molecular weight excluding hydrogens is 228 g/mol. The predicted molar refractivity (Wildman–Crippen MR) is 67.8 cm³/mol. The van der Waals surface area contributed by atoms with Crippen LogP contribution in [0.25, 0.3) is 11.0 Å². The molecule has 2 N–H and O–H groups in total. The van der Waals surface area contributed by atoms with E-state index in [-0.39, 0.29) is 6.10 Å². The fourth-order valence-electron chi connectivity index (χ4n) is 2.39. The number of nitrogens with two attached hydrogens (primary N) is 1. The summed E-state index contributed by atoms with van der Waals surface area (Å²) >= 11 is 0. The third-order valence-electron chi connectivity index (χ3n) is 3.32. The molecule has 0 saturated carbocycles. The van der Waals surface area contributed by atoms with Crippen LogP contribution in [-0.4, -0.2) is 22.3 Å². The Bertz CT molecular complexity index is 620. The SMILES string of the molecule is N#Cc1ccc2nc(N)n(CC3CCCO3)c2c1. The Morgan fingerprint density at radius 1 is 1.56 bits per heavy atom. The fourth-order valence-corrected chi connectivity index (χ4v) is 2.39. The maximum absolute atomic E-state index is 8.94. The summed E-state index contributed by atoms with van der Waals surface area (Å²) in [6.45, 7) is 1.53. The van der Waals surface area contributed by atoms with E-state index in [2.05, 4.69) is 11.1 Å². The number of hydrogen-bond acceptors (Lipinski definition) is 4. The van der Waals surface area contributed by atoms with Crippen molar-refractivity contribution >= 4 is 17.0 Å². The van der Waals surface area contributed by atoms with Crippen LogP contribution in [-0.2, 0) is 11.3 Å². The normalized spacial score (nSPS) is 19.2. The smallest absolute Gasteiger partial charge is 0.201 e. The first-order chi connectivity index (χ1) is 8.78. The number of aromatic nitrogens is 2. The summed E-state index contributed by atoms with van der Waals surface area (Å²) in [5.74, 6) is 0.482. The summed E-state index contributed by atoms with van der Waals surface area (Å²) in [5, 5.41) is 8.94. The van der Waals surface area contributed by atoms with Gasteiger partial charge in [0.25, 0.3) is 0 Å². The fraction of sp³-hybridized carbons (Fsp3) is 0.385. The Morgan fingerprint density at radius 3 is 3.17 bits per heavy atom. The third-order valence-corrected chi connectivity index (χ3v) is 3.32. The van der Waals surface area contributed by atoms with Gasteiger partial charge in [0.2, 0.25) is 5.95 Å². The zero-order valence-corrected chi connectivity index (χ0v) is 9.97. The second-order valence-electron chi connectivity index (χ2n) is 4.53. The molecule has 0 radical (unpaired) electrons. The lowest BCUT2D eigenvalue weighted by molar-refractivity contribution is 0.0984. The minimum atomic E-state index is 0.204. The van der Waals surface area contributed by atoms with Gasteiger partial charge in [-0.25, -0.2) is 4.98 Å². The highest BCUT2D eigenvalue weighted by atomic mass is 16.5. The number of benzene rings is 1. The van der Waals surface area contributed by atoms with Crippen LogP contribution in [0.5, 0.6) is 0 Å². The highest BCUT2D eigenvalue weighted by Crippen LogP contribution is 2.22. The summed E-state index contributed by atoms with van der Waals surface area (Å²) in [4.78, 5) is 4.31. The monoisotopic (exact) mass is 242 g/mol. The first-order valence-corrected chi connectivity index (χ1v) is 6.05. The molecule has 1 aliphatic rings. The quantitative estimate of drug-likeness (QED) is 0.869. The molecule has 1 saturated heterocycles. The average Bonchev–Trinajstić information content (AvgIpc) is 2.99. The summed E-state index contributed by atoms with van der Waals surface area (Å²) in [7, 11) is 0. The van der Waals surface area contributed by atoms with Crippen molar-refractivity contribution in [2.24, 2.45) is 0 Å². The van der Waals surface area contributed by atoms with E-state index in [1.54, 1.807) is 6.07 Å². The Kier molecular flexibility index (Phi) is 2.65. The minimum Gasteiger partial charge on any atom is -0.376 e.